The number of rotatable bonds is 3. The van der Waals surface area contributed by atoms with Crippen molar-refractivity contribution in [2.75, 3.05) is 0 Å². The van der Waals surface area contributed by atoms with Crippen LogP contribution in [0.1, 0.15) is 0 Å². The summed E-state index contributed by atoms with van der Waals surface area (Å²) in [5, 5.41) is 11.0. The lowest BCUT2D eigenvalue weighted by atomic mass is 9.95. The molecule has 6 heteroatoms. The molecule has 0 radical (unpaired) electrons. The first-order valence-corrected chi connectivity index (χ1v) is 19.3. The summed E-state index contributed by atoms with van der Waals surface area (Å²) < 4.78 is 7.15. The van der Waals surface area contributed by atoms with Crippen molar-refractivity contribution in [3.8, 4) is 28.3 Å². The van der Waals surface area contributed by atoms with Crippen molar-refractivity contribution in [1.29, 1.82) is 0 Å². The summed E-state index contributed by atoms with van der Waals surface area (Å²) in [5.41, 5.74) is 7.69. The number of para-hydroxylation sites is 1. The van der Waals surface area contributed by atoms with Crippen molar-refractivity contribution in [1.82, 2.24) is 19.5 Å². The van der Waals surface area contributed by atoms with E-state index in [1.54, 1.807) is 11.3 Å². The summed E-state index contributed by atoms with van der Waals surface area (Å²) in [6.07, 6.45) is 3.83. The van der Waals surface area contributed by atoms with Crippen LogP contribution in [0.25, 0.3) is 112 Å². The van der Waals surface area contributed by atoms with Crippen LogP contribution in [-0.2, 0) is 0 Å². The molecule has 5 heterocycles. The molecule has 4 nitrogen and oxygen atoms in total. The highest BCUT2D eigenvalue weighted by atomic mass is 32.1. The molecule has 0 amide bonds. The molecule has 5 aromatic heterocycles. The van der Waals surface area contributed by atoms with Gasteiger partial charge in [0.25, 0.3) is 0 Å². The Kier molecular flexibility index (Phi) is 6.06. The molecule has 0 saturated heterocycles. The van der Waals surface area contributed by atoms with E-state index in [9.17, 15) is 0 Å². The number of hydrogen-bond acceptors (Lipinski definition) is 5. The Morgan fingerprint density at radius 3 is 2.11 bits per heavy atom. The molecule has 0 N–H and O–H groups in total. The second-order valence-corrected chi connectivity index (χ2v) is 15.7. The summed E-state index contributed by atoms with van der Waals surface area (Å²) in [6.45, 7) is 0. The van der Waals surface area contributed by atoms with Gasteiger partial charge < -0.3 is 0 Å². The number of benzene rings is 7. The van der Waals surface area contributed by atoms with Crippen LogP contribution in [0, 0.1) is 0 Å². The van der Waals surface area contributed by atoms with E-state index in [0.717, 1.165) is 43.3 Å². The molecule has 7 aromatic carbocycles. The van der Waals surface area contributed by atoms with Gasteiger partial charge in [-0.2, -0.15) is 0 Å². The number of fused-ring (bicyclic) bond motifs is 14. The number of hydrogen-bond donors (Lipinski definition) is 0. The lowest BCUT2D eigenvalue weighted by molar-refractivity contribution is 1.02. The molecular formula is C47H26N4S2. The largest absolute Gasteiger partial charge is 0.276 e. The Morgan fingerprint density at radius 2 is 1.23 bits per heavy atom. The number of nitrogens with zero attached hydrogens (tertiary/aromatic N) is 4. The van der Waals surface area contributed by atoms with Gasteiger partial charge in [0.05, 0.1) is 31.6 Å². The Morgan fingerprint density at radius 1 is 0.491 bits per heavy atom. The quantitative estimate of drug-likeness (QED) is 0.183. The molecule has 0 spiro atoms. The zero-order valence-electron chi connectivity index (χ0n) is 28.1. The van der Waals surface area contributed by atoms with Gasteiger partial charge in [-0.3, -0.25) is 9.55 Å². The average Bonchev–Trinajstić information content (AvgIpc) is 3.90. The second-order valence-electron chi connectivity index (χ2n) is 13.6. The number of thiophene rings is 2. The Bertz CT molecular complexity index is 3460. The van der Waals surface area contributed by atoms with Gasteiger partial charge in [0.2, 0.25) is 5.95 Å². The van der Waals surface area contributed by atoms with Crippen LogP contribution in [0.4, 0.5) is 0 Å². The SMILES string of the molecule is c1ccc(-c2nc(-n3c4ccccc4c4c5ccccc5c5c6cc(-c7cccc8cnccc78)ccc6sc5c43)nc3c2sc2ccccc23)cc1. The van der Waals surface area contributed by atoms with Crippen LogP contribution >= 0.6 is 22.7 Å². The fourth-order valence-electron chi connectivity index (χ4n) is 8.40. The summed E-state index contributed by atoms with van der Waals surface area (Å²) >= 11 is 3.63. The van der Waals surface area contributed by atoms with Crippen molar-refractivity contribution in [2.45, 2.75) is 0 Å². The highest BCUT2D eigenvalue weighted by Gasteiger charge is 2.25. The highest BCUT2D eigenvalue weighted by Crippen LogP contribution is 2.49. The molecule has 0 aliphatic heterocycles. The lowest BCUT2D eigenvalue weighted by Crippen LogP contribution is -2.02. The molecule has 12 aromatic rings. The van der Waals surface area contributed by atoms with Crippen molar-refractivity contribution in [2.24, 2.45) is 0 Å². The Balaban J connectivity index is 1.25. The average molecular weight is 711 g/mol. The van der Waals surface area contributed by atoms with Gasteiger partial charge in [0.15, 0.2) is 0 Å². The third-order valence-electron chi connectivity index (χ3n) is 10.7. The molecule has 0 fully saturated rings. The normalized spacial score (nSPS) is 12.2. The summed E-state index contributed by atoms with van der Waals surface area (Å²) in [7, 11) is 0. The van der Waals surface area contributed by atoms with Crippen LogP contribution in [0.3, 0.4) is 0 Å². The zero-order valence-corrected chi connectivity index (χ0v) is 29.7. The molecule has 0 bridgehead atoms. The zero-order chi connectivity index (χ0) is 34.6. The maximum Gasteiger partial charge on any atom is 0.235 e. The topological polar surface area (TPSA) is 43.6 Å². The van der Waals surface area contributed by atoms with Gasteiger partial charge in [0, 0.05) is 59.7 Å². The van der Waals surface area contributed by atoms with Gasteiger partial charge in [-0.15, -0.1) is 22.7 Å². The number of aromatic nitrogens is 4. The molecule has 12 rings (SSSR count). The van der Waals surface area contributed by atoms with Gasteiger partial charge >= 0.3 is 0 Å². The summed E-state index contributed by atoms with van der Waals surface area (Å²) in [4.78, 5) is 15.4. The highest BCUT2D eigenvalue weighted by molar-refractivity contribution is 7.27. The first-order valence-electron chi connectivity index (χ1n) is 17.7. The third-order valence-corrected chi connectivity index (χ3v) is 13.0. The second kappa shape index (κ2) is 11.0. The van der Waals surface area contributed by atoms with Crippen molar-refractivity contribution in [3.63, 3.8) is 0 Å². The smallest absolute Gasteiger partial charge is 0.235 e. The fourth-order valence-corrected chi connectivity index (χ4v) is 10.8. The first kappa shape index (κ1) is 29.1. The maximum absolute atomic E-state index is 5.49. The first-order chi connectivity index (χ1) is 26.3. The van der Waals surface area contributed by atoms with Gasteiger partial charge in [-0.05, 0) is 57.6 Å². The van der Waals surface area contributed by atoms with Crippen LogP contribution in [-0.4, -0.2) is 19.5 Å². The van der Waals surface area contributed by atoms with Crippen LogP contribution < -0.4 is 0 Å². The molecule has 0 atom stereocenters. The molecule has 0 saturated carbocycles. The minimum absolute atomic E-state index is 0.685. The Labute approximate surface area is 310 Å². The van der Waals surface area contributed by atoms with Crippen LogP contribution in [0.15, 0.2) is 158 Å². The van der Waals surface area contributed by atoms with Gasteiger partial charge in [-0.1, -0.05) is 115 Å². The van der Waals surface area contributed by atoms with E-state index < -0.39 is 0 Å². The fraction of sp³-hybridized carbons (Fsp3) is 0. The van der Waals surface area contributed by atoms with E-state index in [-0.39, 0.29) is 0 Å². The molecule has 53 heavy (non-hydrogen) atoms. The predicted molar refractivity (Wildman–Crippen MR) is 226 cm³/mol. The minimum Gasteiger partial charge on any atom is -0.276 e. The monoisotopic (exact) mass is 710 g/mol. The van der Waals surface area contributed by atoms with Crippen molar-refractivity contribution < 1.29 is 0 Å². The molecular weight excluding hydrogens is 685 g/mol. The molecule has 0 aliphatic carbocycles. The van der Waals surface area contributed by atoms with Gasteiger partial charge in [-0.25, -0.2) is 9.97 Å². The minimum atomic E-state index is 0.685. The number of pyridine rings is 1. The van der Waals surface area contributed by atoms with Crippen LogP contribution in [0.2, 0.25) is 0 Å². The molecule has 246 valence electrons. The van der Waals surface area contributed by atoms with E-state index in [0.29, 0.717) is 5.95 Å². The summed E-state index contributed by atoms with van der Waals surface area (Å²) in [5.74, 6) is 0.685. The van der Waals surface area contributed by atoms with Crippen molar-refractivity contribution in [3.05, 3.63) is 158 Å². The lowest BCUT2D eigenvalue weighted by Gasteiger charge is -2.11. The Hall–Kier alpha value is -6.47. The van der Waals surface area contributed by atoms with E-state index >= 15 is 0 Å². The van der Waals surface area contributed by atoms with E-state index in [4.69, 9.17) is 9.97 Å². The van der Waals surface area contributed by atoms with E-state index in [2.05, 4.69) is 155 Å². The molecule has 0 aliphatic rings. The maximum atomic E-state index is 5.49. The summed E-state index contributed by atoms with van der Waals surface area (Å²) in [6, 6.07) is 52.4. The van der Waals surface area contributed by atoms with E-state index in [1.807, 2.05) is 23.7 Å². The molecule has 0 unspecified atom stereocenters. The predicted octanol–water partition coefficient (Wildman–Crippen LogP) is 13.3. The van der Waals surface area contributed by atoms with Crippen LogP contribution in [0.5, 0.6) is 0 Å². The van der Waals surface area contributed by atoms with E-state index in [1.165, 1.54) is 62.9 Å². The van der Waals surface area contributed by atoms with Gasteiger partial charge in [0.1, 0.15) is 0 Å². The standard InChI is InChI=1S/C47H26N4S2/c1-2-11-27(12-3-1)42-46-43(35-17-7-9-20-38(35)53-46)50-47(49-42)51-37-19-8-6-16-34(37)40-32-14-4-5-15-33(32)41-36-25-28(21-22-39(36)52-45(41)44(40)51)30-18-10-13-29-26-48-24-23-31(29)30/h1-26H. The third kappa shape index (κ3) is 4.13. The van der Waals surface area contributed by atoms with Crippen molar-refractivity contribution >= 4 is 106 Å².